The molecular formula is C20H21NO5S. The third-order valence-corrected chi connectivity index (χ3v) is 4.82. The summed E-state index contributed by atoms with van der Waals surface area (Å²) in [5.41, 5.74) is 0.895. The molecule has 1 atom stereocenters. The SMILES string of the molecule is CC(C)(C)C1=CC=CC(N(C(=O)O)c2cccc(C#CCO)c2)C1=S(=O)=O. The number of hydrogen-bond donors (Lipinski definition) is 2. The van der Waals surface area contributed by atoms with E-state index in [9.17, 15) is 18.3 Å². The van der Waals surface area contributed by atoms with E-state index in [1.807, 2.05) is 20.8 Å². The minimum Gasteiger partial charge on any atom is -0.465 e. The van der Waals surface area contributed by atoms with Gasteiger partial charge in [-0.1, -0.05) is 56.9 Å². The molecule has 7 heteroatoms. The Hall–Kier alpha value is -2.82. The summed E-state index contributed by atoms with van der Waals surface area (Å²) < 4.78 is 24.0. The van der Waals surface area contributed by atoms with Crippen LogP contribution in [0.15, 0.2) is 48.1 Å². The van der Waals surface area contributed by atoms with Gasteiger partial charge in [0.05, 0.1) is 6.04 Å². The van der Waals surface area contributed by atoms with Gasteiger partial charge in [-0.15, -0.1) is 0 Å². The fraction of sp³-hybridized carbons (Fsp3) is 0.300. The van der Waals surface area contributed by atoms with Gasteiger partial charge in [0.25, 0.3) is 0 Å². The molecular weight excluding hydrogens is 366 g/mol. The molecule has 0 aliphatic heterocycles. The summed E-state index contributed by atoms with van der Waals surface area (Å²) in [5.74, 6) is 5.23. The Morgan fingerprint density at radius 2 is 2.00 bits per heavy atom. The summed E-state index contributed by atoms with van der Waals surface area (Å²) in [6.07, 6.45) is 3.63. The first-order chi connectivity index (χ1) is 12.7. The average Bonchev–Trinajstić information content (AvgIpc) is 2.59. The normalized spacial score (nSPS) is 16.2. The minimum atomic E-state index is -2.60. The van der Waals surface area contributed by atoms with Crippen LogP contribution in [0.5, 0.6) is 0 Å². The van der Waals surface area contributed by atoms with Crippen molar-refractivity contribution in [1.82, 2.24) is 0 Å². The lowest BCUT2D eigenvalue weighted by atomic mass is 9.80. The van der Waals surface area contributed by atoms with Crippen LogP contribution in [0.4, 0.5) is 10.5 Å². The summed E-state index contributed by atoms with van der Waals surface area (Å²) in [6.45, 7) is 5.30. The maximum Gasteiger partial charge on any atom is 0.412 e. The first-order valence-electron chi connectivity index (χ1n) is 8.24. The van der Waals surface area contributed by atoms with Crippen molar-refractivity contribution in [3.63, 3.8) is 0 Å². The van der Waals surface area contributed by atoms with Crippen molar-refractivity contribution in [3.8, 4) is 11.8 Å². The summed E-state index contributed by atoms with van der Waals surface area (Å²) >= 11 is 0. The molecule has 1 aromatic carbocycles. The Kier molecular flexibility index (Phi) is 6.26. The second-order valence-electron chi connectivity index (χ2n) is 6.92. The quantitative estimate of drug-likeness (QED) is 0.600. The van der Waals surface area contributed by atoms with Crippen LogP contribution in [0.25, 0.3) is 0 Å². The Balaban J connectivity index is 2.61. The number of aliphatic hydroxyl groups excluding tert-OH is 1. The van der Waals surface area contributed by atoms with Crippen LogP contribution in [0.3, 0.4) is 0 Å². The van der Waals surface area contributed by atoms with E-state index in [0.29, 0.717) is 16.8 Å². The molecule has 0 saturated carbocycles. The Labute approximate surface area is 160 Å². The molecule has 27 heavy (non-hydrogen) atoms. The maximum atomic E-state index is 12.0. The zero-order chi connectivity index (χ0) is 20.2. The van der Waals surface area contributed by atoms with Crippen molar-refractivity contribution in [2.75, 3.05) is 11.5 Å². The van der Waals surface area contributed by atoms with Crippen molar-refractivity contribution in [2.24, 2.45) is 5.41 Å². The van der Waals surface area contributed by atoms with Gasteiger partial charge in [-0.2, -0.15) is 8.42 Å². The van der Waals surface area contributed by atoms with Gasteiger partial charge in [0.1, 0.15) is 11.5 Å². The van der Waals surface area contributed by atoms with Crippen LogP contribution in [0.1, 0.15) is 26.3 Å². The molecule has 2 N–H and O–H groups in total. The first-order valence-corrected chi connectivity index (χ1v) is 9.31. The highest BCUT2D eigenvalue weighted by Gasteiger charge is 2.35. The average molecular weight is 387 g/mol. The molecule has 1 aromatic rings. The zero-order valence-corrected chi connectivity index (χ0v) is 16.1. The molecule has 142 valence electrons. The summed E-state index contributed by atoms with van der Waals surface area (Å²) in [7, 11) is -2.60. The number of anilines is 1. The number of nitrogens with zero attached hydrogens (tertiary/aromatic N) is 1. The fourth-order valence-corrected chi connectivity index (χ4v) is 3.80. The largest absolute Gasteiger partial charge is 0.465 e. The van der Waals surface area contributed by atoms with Crippen molar-refractivity contribution in [1.29, 1.82) is 0 Å². The van der Waals surface area contributed by atoms with E-state index in [1.165, 1.54) is 0 Å². The van der Waals surface area contributed by atoms with Gasteiger partial charge < -0.3 is 10.2 Å². The lowest BCUT2D eigenvalue weighted by Gasteiger charge is -2.34. The van der Waals surface area contributed by atoms with Crippen molar-refractivity contribution >= 4 is 26.9 Å². The van der Waals surface area contributed by atoms with Crippen molar-refractivity contribution in [2.45, 2.75) is 26.8 Å². The third-order valence-electron chi connectivity index (χ3n) is 4.00. The number of carboxylic acid groups (broad SMARTS) is 1. The van der Waals surface area contributed by atoms with E-state index in [-0.39, 0.29) is 11.5 Å². The number of amides is 1. The van der Waals surface area contributed by atoms with E-state index in [1.54, 1.807) is 42.5 Å². The maximum absolute atomic E-state index is 12.0. The Morgan fingerprint density at radius 3 is 2.56 bits per heavy atom. The molecule has 1 amide bonds. The number of benzene rings is 1. The molecule has 6 nitrogen and oxygen atoms in total. The standard InChI is InChI=1S/C20H21NO5S/c1-20(2,3)16-10-5-11-17(18(16)27(25)26)21(19(23)24)15-9-4-7-14(13-15)8-6-12-22/h4-5,7,9-11,13,17,22H,12H2,1-3H3,(H,23,24). The van der Waals surface area contributed by atoms with E-state index < -0.39 is 27.8 Å². The molecule has 1 aliphatic rings. The monoisotopic (exact) mass is 387 g/mol. The highest BCUT2D eigenvalue weighted by Crippen LogP contribution is 2.32. The number of allylic oxidation sites excluding steroid dienone is 2. The fourth-order valence-electron chi connectivity index (χ4n) is 2.86. The van der Waals surface area contributed by atoms with E-state index in [4.69, 9.17) is 5.11 Å². The van der Waals surface area contributed by atoms with Gasteiger partial charge in [-0.05, 0) is 29.2 Å². The number of hydrogen-bond acceptors (Lipinski definition) is 4. The first kappa shape index (κ1) is 20.5. The van der Waals surface area contributed by atoms with E-state index in [2.05, 4.69) is 11.8 Å². The number of carbonyl (C=O) groups is 1. The topological polar surface area (TPSA) is 94.9 Å². The third kappa shape index (κ3) is 4.67. The number of rotatable bonds is 2. The second-order valence-corrected chi connectivity index (χ2v) is 7.83. The summed E-state index contributed by atoms with van der Waals surface area (Å²) in [5, 5.41) is 18.7. The second kappa shape index (κ2) is 8.25. The smallest absolute Gasteiger partial charge is 0.412 e. The van der Waals surface area contributed by atoms with Crippen LogP contribution < -0.4 is 4.90 Å². The zero-order valence-electron chi connectivity index (χ0n) is 15.3. The number of aliphatic hydroxyl groups is 1. The molecule has 0 radical (unpaired) electrons. The van der Waals surface area contributed by atoms with Gasteiger partial charge in [0.15, 0.2) is 0 Å². The molecule has 0 fully saturated rings. The summed E-state index contributed by atoms with van der Waals surface area (Å²) in [6, 6.07) is 5.45. The molecule has 0 saturated heterocycles. The molecule has 1 aliphatic carbocycles. The van der Waals surface area contributed by atoms with E-state index >= 15 is 0 Å². The molecule has 0 bridgehead atoms. The molecule has 0 spiro atoms. The molecule has 1 unspecified atom stereocenters. The predicted molar refractivity (Wildman–Crippen MR) is 105 cm³/mol. The minimum absolute atomic E-state index is 0.0271. The van der Waals surface area contributed by atoms with Crippen LogP contribution in [-0.2, 0) is 10.3 Å². The van der Waals surface area contributed by atoms with Crippen molar-refractivity contribution < 1.29 is 23.4 Å². The van der Waals surface area contributed by atoms with E-state index in [0.717, 1.165) is 4.90 Å². The lowest BCUT2D eigenvalue weighted by molar-refractivity contribution is 0.201. The molecule has 0 aromatic heterocycles. The van der Waals surface area contributed by atoms with Gasteiger partial charge in [-0.25, -0.2) is 4.79 Å². The molecule has 0 heterocycles. The van der Waals surface area contributed by atoms with Crippen molar-refractivity contribution in [3.05, 3.63) is 53.6 Å². The van der Waals surface area contributed by atoms with Crippen LogP contribution in [-0.4, -0.2) is 42.2 Å². The lowest BCUT2D eigenvalue weighted by Crippen LogP contribution is -2.46. The Morgan fingerprint density at radius 1 is 1.30 bits per heavy atom. The Bertz CT molecular complexity index is 993. The van der Waals surface area contributed by atoms with Gasteiger partial charge in [-0.3, -0.25) is 4.90 Å². The molecule has 2 rings (SSSR count). The van der Waals surface area contributed by atoms with Crippen LogP contribution >= 0.6 is 0 Å². The predicted octanol–water partition coefficient (Wildman–Crippen LogP) is 2.48. The van der Waals surface area contributed by atoms with Gasteiger partial charge in [0.2, 0.25) is 10.3 Å². The van der Waals surface area contributed by atoms with Crippen LogP contribution in [0, 0.1) is 17.3 Å². The van der Waals surface area contributed by atoms with Crippen LogP contribution in [0.2, 0.25) is 0 Å². The van der Waals surface area contributed by atoms with Gasteiger partial charge >= 0.3 is 6.09 Å². The highest BCUT2D eigenvalue weighted by atomic mass is 32.2. The van der Waals surface area contributed by atoms with Gasteiger partial charge in [0, 0.05) is 11.3 Å². The highest BCUT2D eigenvalue weighted by molar-refractivity contribution is 7.73. The summed E-state index contributed by atoms with van der Waals surface area (Å²) in [4.78, 5) is 13.1.